The second-order valence-corrected chi connectivity index (χ2v) is 10.5. The summed E-state index contributed by atoms with van der Waals surface area (Å²) in [6, 6.07) is 32.2. The lowest BCUT2D eigenvalue weighted by Gasteiger charge is -2.19. The summed E-state index contributed by atoms with van der Waals surface area (Å²) in [6.07, 6.45) is 7.22. The van der Waals surface area contributed by atoms with E-state index in [-0.39, 0.29) is 29.8 Å². The summed E-state index contributed by atoms with van der Waals surface area (Å²) in [5.41, 5.74) is 8.37. The van der Waals surface area contributed by atoms with Gasteiger partial charge in [0.25, 0.3) is 0 Å². The maximum Gasteiger partial charge on any atom is 0.213 e. The molecule has 7 heteroatoms. The van der Waals surface area contributed by atoms with Crippen LogP contribution in [0.15, 0.2) is 84.9 Å². The van der Waals surface area contributed by atoms with Gasteiger partial charge < -0.3 is 33.8 Å². The number of hydrogen-bond acceptors (Lipinski definition) is 4. The van der Waals surface area contributed by atoms with Crippen molar-refractivity contribution in [3.8, 4) is 34.5 Å². The number of aromatic nitrogens is 1. The minimum atomic E-state index is -0.259. The highest BCUT2D eigenvalue weighted by Crippen LogP contribution is 2.28. The van der Waals surface area contributed by atoms with Crippen LogP contribution in [-0.4, -0.2) is 27.2 Å². The SMILES string of the molecule is CN(CCC#N)c1ccc(-c2cc(C=Cc3ccc(N(C)CCCCC#N)cc3)[n+](C)c(-c3ccc(F)cc3)c2)cc1.[I-]. The van der Waals surface area contributed by atoms with Gasteiger partial charge in [0.05, 0.1) is 18.6 Å². The molecule has 0 aliphatic carbocycles. The lowest BCUT2D eigenvalue weighted by molar-refractivity contribution is -0.662. The molecule has 1 heterocycles. The monoisotopic (exact) mass is 685 g/mol. The normalized spacial score (nSPS) is 10.6. The third-order valence-corrected chi connectivity index (χ3v) is 7.50. The molecule has 0 unspecified atom stereocenters. The van der Waals surface area contributed by atoms with Crippen LogP contribution in [0.5, 0.6) is 0 Å². The fourth-order valence-electron chi connectivity index (χ4n) is 4.86. The molecule has 4 rings (SSSR count). The molecule has 4 aromatic rings. The number of nitrogens with zero attached hydrogens (tertiary/aromatic N) is 5. The van der Waals surface area contributed by atoms with Gasteiger partial charge in [-0.3, -0.25) is 0 Å². The van der Waals surface area contributed by atoms with E-state index in [4.69, 9.17) is 10.5 Å². The Bertz CT molecular complexity index is 1580. The van der Waals surface area contributed by atoms with Crippen molar-refractivity contribution in [2.24, 2.45) is 7.05 Å². The number of halogens is 2. The highest BCUT2D eigenvalue weighted by molar-refractivity contribution is 5.75. The molecule has 0 saturated carbocycles. The van der Waals surface area contributed by atoms with Gasteiger partial charge in [0, 0.05) is 68.8 Å². The highest BCUT2D eigenvalue weighted by Gasteiger charge is 2.17. The third-order valence-electron chi connectivity index (χ3n) is 7.50. The molecule has 0 spiro atoms. The third kappa shape index (κ3) is 9.14. The number of pyridine rings is 1. The molecule has 0 amide bonds. The van der Waals surface area contributed by atoms with E-state index in [1.807, 2.05) is 26.2 Å². The summed E-state index contributed by atoms with van der Waals surface area (Å²) in [7, 11) is 6.10. The van der Waals surface area contributed by atoms with Crippen molar-refractivity contribution in [3.63, 3.8) is 0 Å². The van der Waals surface area contributed by atoms with Gasteiger partial charge in [0.1, 0.15) is 12.9 Å². The van der Waals surface area contributed by atoms with E-state index in [0.29, 0.717) is 19.4 Å². The van der Waals surface area contributed by atoms with Gasteiger partial charge in [-0.05, 0) is 84.1 Å². The van der Waals surface area contributed by atoms with Crippen LogP contribution in [0.1, 0.15) is 36.9 Å². The van der Waals surface area contributed by atoms with Gasteiger partial charge in [-0.1, -0.05) is 24.3 Å². The second kappa shape index (κ2) is 16.4. The first-order chi connectivity index (χ1) is 20.4. The highest BCUT2D eigenvalue weighted by atomic mass is 127. The molecule has 0 N–H and O–H groups in total. The Morgan fingerprint density at radius 2 is 1.28 bits per heavy atom. The lowest BCUT2D eigenvalue weighted by Crippen LogP contribution is -3.00. The predicted molar refractivity (Wildman–Crippen MR) is 170 cm³/mol. The maximum atomic E-state index is 13.7. The van der Waals surface area contributed by atoms with Crippen molar-refractivity contribution in [2.45, 2.75) is 25.7 Å². The van der Waals surface area contributed by atoms with Crippen molar-refractivity contribution in [2.75, 3.05) is 37.0 Å². The zero-order chi connectivity index (χ0) is 29.9. The Balaban J connectivity index is 0.00000506. The van der Waals surface area contributed by atoms with E-state index in [1.54, 1.807) is 0 Å². The van der Waals surface area contributed by atoms with Crippen LogP contribution in [0.4, 0.5) is 15.8 Å². The van der Waals surface area contributed by atoms with E-state index in [2.05, 4.69) is 106 Å². The summed E-state index contributed by atoms with van der Waals surface area (Å²) < 4.78 is 15.9. The molecule has 43 heavy (non-hydrogen) atoms. The molecular formula is C36H37FIN5. The Kier molecular flexibility index (Phi) is 12.7. The molecule has 0 bridgehead atoms. The van der Waals surface area contributed by atoms with Crippen molar-refractivity contribution in [1.29, 1.82) is 10.5 Å². The van der Waals surface area contributed by atoms with E-state index >= 15 is 0 Å². The number of rotatable bonds is 12. The van der Waals surface area contributed by atoms with Crippen LogP contribution in [-0.2, 0) is 7.05 Å². The van der Waals surface area contributed by atoms with Crippen LogP contribution in [0, 0.1) is 28.5 Å². The topological polar surface area (TPSA) is 57.9 Å². The number of hydrogen-bond donors (Lipinski definition) is 0. The zero-order valence-corrected chi connectivity index (χ0v) is 27.1. The second-order valence-electron chi connectivity index (χ2n) is 10.5. The van der Waals surface area contributed by atoms with Crippen molar-refractivity contribution in [3.05, 3.63) is 102 Å². The molecule has 0 aliphatic rings. The number of anilines is 2. The average molecular weight is 686 g/mol. The zero-order valence-electron chi connectivity index (χ0n) is 25.0. The van der Waals surface area contributed by atoms with Gasteiger partial charge in [-0.25, -0.2) is 4.39 Å². The maximum absolute atomic E-state index is 13.7. The smallest absolute Gasteiger partial charge is 0.213 e. The Morgan fingerprint density at radius 3 is 1.91 bits per heavy atom. The van der Waals surface area contributed by atoms with E-state index in [0.717, 1.165) is 64.4 Å². The average Bonchev–Trinajstić information content (AvgIpc) is 3.02. The predicted octanol–water partition coefficient (Wildman–Crippen LogP) is 4.64. The number of benzene rings is 3. The van der Waals surface area contributed by atoms with Crippen molar-refractivity contribution in [1.82, 2.24) is 0 Å². The molecule has 0 saturated heterocycles. The standard InChI is InChI=1S/C36H37FN5.HI/c1-40(24-6-4-5-22-38)33-17-8-28(9-18-33)10-19-35-26-31(27-36(42(35)3)30-11-15-32(37)16-12-30)29-13-20-34(21-14-29)41(2)25-7-23-39;/h8-21,26-27H,4-7,24-25H2,1-3H3;1H/q+1;/p-1. The van der Waals surface area contributed by atoms with Gasteiger partial charge >= 0.3 is 0 Å². The minimum Gasteiger partial charge on any atom is -1.00 e. The molecule has 0 aliphatic heterocycles. The number of nitriles is 2. The lowest BCUT2D eigenvalue weighted by atomic mass is 10.0. The van der Waals surface area contributed by atoms with Crippen LogP contribution >= 0.6 is 0 Å². The van der Waals surface area contributed by atoms with Crippen molar-refractivity contribution >= 4 is 23.5 Å². The Labute approximate surface area is 272 Å². The van der Waals surface area contributed by atoms with Crippen LogP contribution in [0.2, 0.25) is 0 Å². The summed E-state index contributed by atoms with van der Waals surface area (Å²) in [5.74, 6) is -0.259. The molecular weight excluding hydrogens is 648 g/mol. The first-order valence-corrected chi connectivity index (χ1v) is 14.2. The summed E-state index contributed by atoms with van der Waals surface area (Å²) >= 11 is 0. The van der Waals surface area contributed by atoms with E-state index in [9.17, 15) is 4.39 Å². The van der Waals surface area contributed by atoms with Crippen molar-refractivity contribution < 1.29 is 32.9 Å². The van der Waals surface area contributed by atoms with E-state index in [1.165, 1.54) is 12.1 Å². The molecule has 0 fully saturated rings. The Morgan fingerprint density at radius 1 is 0.698 bits per heavy atom. The minimum absolute atomic E-state index is 0. The molecule has 3 aromatic carbocycles. The fraction of sp³-hybridized carbons (Fsp3) is 0.250. The van der Waals surface area contributed by atoms with Crippen LogP contribution in [0.3, 0.4) is 0 Å². The summed E-state index contributed by atoms with van der Waals surface area (Å²) in [5, 5.41) is 17.7. The summed E-state index contributed by atoms with van der Waals surface area (Å²) in [4.78, 5) is 4.30. The first-order valence-electron chi connectivity index (χ1n) is 14.2. The number of unbranched alkanes of at least 4 members (excludes halogenated alkanes) is 2. The molecule has 220 valence electrons. The van der Waals surface area contributed by atoms with Gasteiger partial charge in [-0.2, -0.15) is 15.1 Å². The van der Waals surface area contributed by atoms with E-state index < -0.39 is 0 Å². The van der Waals surface area contributed by atoms with Crippen LogP contribution in [0.25, 0.3) is 34.5 Å². The molecule has 1 aromatic heterocycles. The van der Waals surface area contributed by atoms with Gasteiger partial charge in [0.15, 0.2) is 0 Å². The fourth-order valence-corrected chi connectivity index (χ4v) is 4.86. The molecule has 5 nitrogen and oxygen atoms in total. The molecule has 0 atom stereocenters. The van der Waals surface area contributed by atoms with Crippen LogP contribution < -0.4 is 38.3 Å². The first kappa shape index (κ1) is 33.3. The Hall–Kier alpha value is -4.21. The quantitative estimate of drug-likeness (QED) is 0.124. The largest absolute Gasteiger partial charge is 1.00 e. The summed E-state index contributed by atoms with van der Waals surface area (Å²) in [6.45, 7) is 1.60. The molecule has 0 radical (unpaired) electrons. The van der Waals surface area contributed by atoms with Gasteiger partial charge in [-0.15, -0.1) is 0 Å². The van der Waals surface area contributed by atoms with Gasteiger partial charge in [0.2, 0.25) is 11.4 Å².